The zero-order valence-electron chi connectivity index (χ0n) is 9.41. The second-order valence-electron chi connectivity index (χ2n) is 4.77. The molecule has 1 saturated carbocycles. The number of rotatable bonds is 1. The molecule has 3 atom stereocenters. The number of alkyl halides is 1. The summed E-state index contributed by atoms with van der Waals surface area (Å²) < 4.78 is 0. The maximum Gasteiger partial charge on any atom is 0.324 e. The highest BCUT2D eigenvalue weighted by Gasteiger charge is 2.38. The van der Waals surface area contributed by atoms with Gasteiger partial charge in [-0.15, -0.1) is 11.6 Å². The van der Waals surface area contributed by atoms with Crippen LogP contribution in [-0.4, -0.2) is 35.3 Å². The van der Waals surface area contributed by atoms with E-state index in [4.69, 9.17) is 11.6 Å². The number of imide groups is 1. The minimum absolute atomic E-state index is 0.285. The van der Waals surface area contributed by atoms with Gasteiger partial charge in [0, 0.05) is 13.1 Å². The summed E-state index contributed by atoms with van der Waals surface area (Å²) in [4.78, 5) is 24.7. The standard InChI is InChI=1S/C11H17ClN2O2/c1-7(12)10(15)13-11(16)14-5-8-3-2-4-9(8)6-14/h7-9H,2-6H2,1H3,(H,13,15,16). The Bertz CT molecular complexity index is 294. The van der Waals surface area contributed by atoms with Crippen molar-refractivity contribution >= 4 is 23.5 Å². The van der Waals surface area contributed by atoms with Crippen molar-refractivity contribution in [1.29, 1.82) is 0 Å². The lowest BCUT2D eigenvalue weighted by molar-refractivity contribution is -0.119. The summed E-state index contributed by atoms with van der Waals surface area (Å²) in [5, 5.41) is 1.67. The van der Waals surface area contributed by atoms with Crippen molar-refractivity contribution in [3.05, 3.63) is 0 Å². The van der Waals surface area contributed by atoms with Crippen molar-refractivity contribution < 1.29 is 9.59 Å². The van der Waals surface area contributed by atoms with Crippen LogP contribution in [0.15, 0.2) is 0 Å². The van der Waals surface area contributed by atoms with Crippen LogP contribution < -0.4 is 5.32 Å². The Morgan fingerprint density at radius 1 is 1.31 bits per heavy atom. The predicted octanol–water partition coefficient (Wildman–Crippen LogP) is 1.58. The molecule has 5 heteroatoms. The maximum absolute atomic E-state index is 11.7. The molecular formula is C11H17ClN2O2. The molecule has 90 valence electrons. The Morgan fingerprint density at radius 3 is 2.38 bits per heavy atom. The van der Waals surface area contributed by atoms with Crippen LogP contribution in [0.3, 0.4) is 0 Å². The van der Waals surface area contributed by atoms with Gasteiger partial charge in [-0.1, -0.05) is 6.42 Å². The quantitative estimate of drug-likeness (QED) is 0.712. The SMILES string of the molecule is CC(Cl)C(=O)NC(=O)N1CC2CCCC2C1. The highest BCUT2D eigenvalue weighted by molar-refractivity contribution is 6.31. The summed E-state index contributed by atoms with van der Waals surface area (Å²) in [5.41, 5.74) is 0. The van der Waals surface area contributed by atoms with Gasteiger partial charge in [0.05, 0.1) is 0 Å². The van der Waals surface area contributed by atoms with Crippen molar-refractivity contribution in [3.8, 4) is 0 Å². The fourth-order valence-electron chi connectivity index (χ4n) is 2.68. The Balaban J connectivity index is 1.85. The molecule has 0 bridgehead atoms. The van der Waals surface area contributed by atoms with Crippen LogP contribution in [0, 0.1) is 11.8 Å². The minimum Gasteiger partial charge on any atom is -0.324 e. The van der Waals surface area contributed by atoms with Gasteiger partial charge in [0.15, 0.2) is 0 Å². The highest BCUT2D eigenvalue weighted by Crippen LogP contribution is 2.37. The highest BCUT2D eigenvalue weighted by atomic mass is 35.5. The summed E-state index contributed by atoms with van der Waals surface area (Å²) in [7, 11) is 0. The van der Waals surface area contributed by atoms with E-state index in [-0.39, 0.29) is 6.03 Å². The normalized spacial score (nSPS) is 30.0. The number of nitrogens with zero attached hydrogens (tertiary/aromatic N) is 1. The molecule has 0 spiro atoms. The average molecular weight is 245 g/mol. The molecule has 16 heavy (non-hydrogen) atoms. The van der Waals surface area contributed by atoms with Gasteiger partial charge in [0.2, 0.25) is 5.91 Å². The molecular weight excluding hydrogens is 228 g/mol. The first-order chi connectivity index (χ1) is 7.58. The van der Waals surface area contributed by atoms with E-state index in [2.05, 4.69) is 5.32 Å². The summed E-state index contributed by atoms with van der Waals surface area (Å²) in [6.07, 6.45) is 3.71. The van der Waals surface area contributed by atoms with Gasteiger partial charge in [-0.3, -0.25) is 10.1 Å². The smallest absolute Gasteiger partial charge is 0.324 e. The number of nitrogens with one attached hydrogen (secondary N) is 1. The summed E-state index contributed by atoms with van der Waals surface area (Å²) in [6.45, 7) is 3.14. The van der Waals surface area contributed by atoms with Gasteiger partial charge >= 0.3 is 6.03 Å². The molecule has 1 aliphatic heterocycles. The Labute approximate surface area is 100 Å². The van der Waals surface area contributed by atoms with Crippen molar-refractivity contribution in [3.63, 3.8) is 0 Å². The van der Waals surface area contributed by atoms with E-state index in [1.54, 1.807) is 11.8 Å². The second kappa shape index (κ2) is 4.62. The third kappa shape index (κ3) is 2.32. The van der Waals surface area contributed by atoms with Crippen LogP contribution >= 0.6 is 11.6 Å². The maximum atomic E-state index is 11.7. The molecule has 1 heterocycles. The van der Waals surface area contributed by atoms with Crippen LogP contribution in [0.2, 0.25) is 0 Å². The van der Waals surface area contributed by atoms with Crippen LogP contribution in [-0.2, 0) is 4.79 Å². The third-order valence-corrected chi connectivity index (χ3v) is 3.80. The van der Waals surface area contributed by atoms with E-state index in [1.165, 1.54) is 19.3 Å². The van der Waals surface area contributed by atoms with E-state index < -0.39 is 11.3 Å². The molecule has 4 nitrogen and oxygen atoms in total. The van der Waals surface area contributed by atoms with E-state index in [9.17, 15) is 9.59 Å². The fourth-order valence-corrected chi connectivity index (χ4v) is 2.74. The zero-order chi connectivity index (χ0) is 11.7. The van der Waals surface area contributed by atoms with Crippen LogP contribution in [0.1, 0.15) is 26.2 Å². The van der Waals surface area contributed by atoms with Crippen molar-refractivity contribution in [2.45, 2.75) is 31.6 Å². The largest absolute Gasteiger partial charge is 0.324 e. The molecule has 0 aromatic heterocycles. The number of likely N-dealkylation sites (tertiary alicyclic amines) is 1. The van der Waals surface area contributed by atoms with E-state index >= 15 is 0 Å². The first kappa shape index (κ1) is 11.7. The van der Waals surface area contributed by atoms with Crippen LogP contribution in [0.5, 0.6) is 0 Å². The predicted molar refractivity (Wildman–Crippen MR) is 61.3 cm³/mol. The molecule has 3 unspecified atom stereocenters. The lowest BCUT2D eigenvalue weighted by Gasteiger charge is -2.17. The van der Waals surface area contributed by atoms with Crippen molar-refractivity contribution in [1.82, 2.24) is 10.2 Å². The van der Waals surface area contributed by atoms with E-state index in [0.29, 0.717) is 11.8 Å². The lowest BCUT2D eigenvalue weighted by Crippen LogP contribution is -2.44. The number of urea groups is 1. The van der Waals surface area contributed by atoms with Gasteiger partial charge in [-0.25, -0.2) is 4.79 Å². The molecule has 1 N–H and O–H groups in total. The molecule has 1 saturated heterocycles. The molecule has 0 radical (unpaired) electrons. The number of halogens is 1. The summed E-state index contributed by atoms with van der Waals surface area (Å²) in [5.74, 6) is 0.882. The van der Waals surface area contributed by atoms with Gasteiger partial charge < -0.3 is 4.90 Å². The number of amides is 3. The summed E-state index contributed by atoms with van der Waals surface area (Å²) in [6, 6.07) is -0.285. The number of fused-ring (bicyclic) bond motifs is 1. The van der Waals surface area contributed by atoms with Crippen LogP contribution in [0.4, 0.5) is 4.79 Å². The monoisotopic (exact) mass is 244 g/mol. The fraction of sp³-hybridized carbons (Fsp3) is 0.818. The number of hydrogen-bond donors (Lipinski definition) is 1. The molecule has 3 amide bonds. The zero-order valence-corrected chi connectivity index (χ0v) is 10.2. The topological polar surface area (TPSA) is 49.4 Å². The Kier molecular flexibility index (Phi) is 3.38. The molecule has 1 aliphatic carbocycles. The molecule has 2 aliphatic rings. The van der Waals surface area contributed by atoms with Crippen LogP contribution in [0.25, 0.3) is 0 Å². The van der Waals surface area contributed by atoms with Crippen molar-refractivity contribution in [2.24, 2.45) is 11.8 Å². The molecule has 2 rings (SSSR count). The minimum atomic E-state index is -0.661. The Morgan fingerprint density at radius 2 is 1.88 bits per heavy atom. The first-order valence-corrected chi connectivity index (χ1v) is 6.25. The second-order valence-corrected chi connectivity index (χ2v) is 5.42. The lowest BCUT2D eigenvalue weighted by atomic mass is 10.0. The van der Waals surface area contributed by atoms with Crippen molar-refractivity contribution in [2.75, 3.05) is 13.1 Å². The first-order valence-electron chi connectivity index (χ1n) is 5.81. The molecule has 0 aromatic rings. The van der Waals surface area contributed by atoms with Gasteiger partial charge in [-0.2, -0.15) is 0 Å². The average Bonchev–Trinajstić information content (AvgIpc) is 2.75. The van der Waals surface area contributed by atoms with Gasteiger partial charge in [0.25, 0.3) is 0 Å². The molecule has 2 fully saturated rings. The number of carbonyl (C=O) groups is 2. The third-order valence-electron chi connectivity index (χ3n) is 3.60. The van der Waals surface area contributed by atoms with Gasteiger partial charge in [0.1, 0.15) is 5.38 Å². The summed E-state index contributed by atoms with van der Waals surface area (Å²) >= 11 is 5.59. The van der Waals surface area contributed by atoms with E-state index in [0.717, 1.165) is 13.1 Å². The Hall–Kier alpha value is -0.770. The number of carbonyl (C=O) groups excluding carboxylic acids is 2. The van der Waals surface area contributed by atoms with Gasteiger partial charge in [-0.05, 0) is 31.6 Å². The van der Waals surface area contributed by atoms with E-state index in [1.807, 2.05) is 0 Å². The number of hydrogen-bond acceptors (Lipinski definition) is 2. The molecule has 0 aromatic carbocycles.